The molecule has 6 heteroatoms. The average molecular weight is 380 g/mol. The van der Waals surface area contributed by atoms with E-state index in [-0.39, 0.29) is 18.1 Å². The number of ether oxygens (including phenoxy) is 2. The Morgan fingerprint density at radius 3 is 1.74 bits per heavy atom. The Hall–Kier alpha value is -1.92. The zero-order valence-corrected chi connectivity index (χ0v) is 14.8. The molecule has 0 saturated carbocycles. The molecule has 0 radical (unpaired) electrons. The maximum Gasteiger partial charge on any atom is 0.339 e. The highest BCUT2D eigenvalue weighted by atomic mass is 19.3. The third-order valence-corrected chi connectivity index (χ3v) is 5.32. The van der Waals surface area contributed by atoms with Crippen molar-refractivity contribution in [3.8, 4) is 0 Å². The van der Waals surface area contributed by atoms with Crippen molar-refractivity contribution in [3.63, 3.8) is 0 Å². The molecule has 2 aliphatic heterocycles. The fourth-order valence-corrected chi connectivity index (χ4v) is 3.45. The number of alkyl halides is 4. The van der Waals surface area contributed by atoms with Gasteiger partial charge in [0, 0.05) is 17.0 Å². The number of halogens is 4. The van der Waals surface area contributed by atoms with Crippen molar-refractivity contribution in [2.75, 3.05) is 13.2 Å². The molecule has 2 aromatic carbocycles. The molecular weight excluding hydrogens is 360 g/mol. The Labute approximate surface area is 155 Å². The number of hydrogen-bond acceptors (Lipinski definition) is 2. The third-order valence-electron chi connectivity index (χ3n) is 5.32. The van der Waals surface area contributed by atoms with E-state index in [1.54, 1.807) is 0 Å². The summed E-state index contributed by atoms with van der Waals surface area (Å²) in [4.78, 5) is 0. The van der Waals surface area contributed by atoms with Crippen molar-refractivity contribution in [3.05, 3.63) is 70.8 Å². The van der Waals surface area contributed by atoms with E-state index >= 15 is 0 Å². The highest BCUT2D eigenvalue weighted by Crippen LogP contribution is 2.50. The summed E-state index contributed by atoms with van der Waals surface area (Å²) in [6.45, 7) is 3.17. The van der Waals surface area contributed by atoms with Crippen LogP contribution in [0.5, 0.6) is 0 Å². The van der Waals surface area contributed by atoms with Gasteiger partial charge in [0.05, 0.1) is 19.3 Å². The molecule has 2 nitrogen and oxygen atoms in total. The Morgan fingerprint density at radius 2 is 1.33 bits per heavy atom. The van der Waals surface area contributed by atoms with Gasteiger partial charge in [0.25, 0.3) is 0 Å². The first-order chi connectivity index (χ1) is 12.8. The molecule has 0 bridgehead atoms. The molecule has 2 aromatic rings. The maximum atomic E-state index is 14.7. The molecule has 0 spiro atoms. The minimum Gasteiger partial charge on any atom is -0.372 e. The molecule has 2 aliphatic rings. The van der Waals surface area contributed by atoms with Crippen LogP contribution in [0.3, 0.4) is 0 Å². The van der Waals surface area contributed by atoms with Crippen LogP contribution in [0.1, 0.15) is 47.6 Å². The fraction of sp³-hybridized carbons (Fsp3) is 0.429. The van der Waals surface area contributed by atoms with Gasteiger partial charge in [0.1, 0.15) is 6.10 Å². The van der Waals surface area contributed by atoms with E-state index in [4.69, 9.17) is 9.47 Å². The van der Waals surface area contributed by atoms with Crippen LogP contribution in [-0.4, -0.2) is 19.3 Å². The second-order valence-electron chi connectivity index (χ2n) is 7.10. The summed E-state index contributed by atoms with van der Waals surface area (Å²) in [5, 5.41) is 0. The number of rotatable bonds is 7. The van der Waals surface area contributed by atoms with Gasteiger partial charge in [-0.25, -0.2) is 0 Å². The molecule has 4 rings (SSSR count). The molecule has 27 heavy (non-hydrogen) atoms. The summed E-state index contributed by atoms with van der Waals surface area (Å²) < 4.78 is 69.0. The molecule has 2 heterocycles. The molecule has 0 aromatic heterocycles. The van der Waals surface area contributed by atoms with Gasteiger partial charge in [0.15, 0.2) is 0 Å². The van der Waals surface area contributed by atoms with Crippen LogP contribution in [0.15, 0.2) is 48.5 Å². The summed E-state index contributed by atoms with van der Waals surface area (Å²) in [6, 6.07) is 10.1. The monoisotopic (exact) mass is 380 g/mol. The molecule has 144 valence electrons. The standard InChI is InChI=1S/C21H20F4O2/c1-2-17(19-12-27-19)13-3-7-15(8-4-13)20(22,23)21(24,25)16-9-5-14(6-10-16)18-11-26-18/h3-10,17-19H,2,11-12H2,1H3. The molecule has 3 atom stereocenters. The summed E-state index contributed by atoms with van der Waals surface area (Å²) in [6.07, 6.45) is 0.785. The first-order valence-electron chi connectivity index (χ1n) is 9.04. The smallest absolute Gasteiger partial charge is 0.339 e. The summed E-state index contributed by atoms with van der Waals surface area (Å²) >= 11 is 0. The Balaban J connectivity index is 1.58. The lowest BCUT2D eigenvalue weighted by atomic mass is 9.90. The van der Waals surface area contributed by atoms with E-state index in [1.165, 1.54) is 24.3 Å². The van der Waals surface area contributed by atoms with Crippen LogP contribution in [0.25, 0.3) is 0 Å². The van der Waals surface area contributed by atoms with Gasteiger partial charge in [-0.15, -0.1) is 0 Å². The van der Waals surface area contributed by atoms with Crippen molar-refractivity contribution in [2.45, 2.75) is 43.3 Å². The van der Waals surface area contributed by atoms with Gasteiger partial charge in [-0.05, 0) is 17.5 Å². The van der Waals surface area contributed by atoms with Crippen molar-refractivity contribution in [2.24, 2.45) is 0 Å². The Morgan fingerprint density at radius 1 is 0.852 bits per heavy atom. The number of hydrogen-bond donors (Lipinski definition) is 0. The zero-order chi connectivity index (χ0) is 19.2. The van der Waals surface area contributed by atoms with E-state index < -0.39 is 23.0 Å². The Kier molecular flexibility index (Phi) is 4.51. The summed E-state index contributed by atoms with van der Waals surface area (Å²) in [7, 11) is 0. The normalized spacial score (nSPS) is 23.1. The second kappa shape index (κ2) is 6.60. The van der Waals surface area contributed by atoms with Gasteiger partial charge in [-0.1, -0.05) is 55.5 Å². The topological polar surface area (TPSA) is 25.1 Å². The van der Waals surface area contributed by atoms with Crippen LogP contribution in [0, 0.1) is 0 Å². The van der Waals surface area contributed by atoms with Crippen LogP contribution in [0.4, 0.5) is 17.6 Å². The van der Waals surface area contributed by atoms with Gasteiger partial charge in [0.2, 0.25) is 0 Å². The predicted octanol–water partition coefficient (Wildman–Crippen LogP) is 5.53. The first-order valence-corrected chi connectivity index (χ1v) is 9.04. The van der Waals surface area contributed by atoms with Crippen LogP contribution >= 0.6 is 0 Å². The number of epoxide rings is 2. The summed E-state index contributed by atoms with van der Waals surface area (Å²) in [5.74, 6) is -8.53. The van der Waals surface area contributed by atoms with Crippen molar-refractivity contribution < 1.29 is 27.0 Å². The second-order valence-corrected chi connectivity index (χ2v) is 7.10. The van der Waals surface area contributed by atoms with Crippen molar-refractivity contribution in [1.29, 1.82) is 0 Å². The highest BCUT2D eigenvalue weighted by Gasteiger charge is 2.58. The lowest BCUT2D eigenvalue weighted by Gasteiger charge is -2.27. The quantitative estimate of drug-likeness (QED) is 0.466. The predicted molar refractivity (Wildman–Crippen MR) is 92.1 cm³/mol. The molecular formula is C21H20F4O2. The zero-order valence-electron chi connectivity index (χ0n) is 14.8. The molecule has 0 amide bonds. The molecule has 0 N–H and O–H groups in total. The van der Waals surface area contributed by atoms with Gasteiger partial charge >= 0.3 is 11.8 Å². The molecule has 3 unspecified atom stereocenters. The van der Waals surface area contributed by atoms with Crippen LogP contribution in [0.2, 0.25) is 0 Å². The van der Waals surface area contributed by atoms with E-state index in [2.05, 4.69) is 0 Å². The lowest BCUT2D eigenvalue weighted by molar-refractivity contribution is -0.223. The summed E-state index contributed by atoms with van der Waals surface area (Å²) in [5.41, 5.74) is 0.142. The van der Waals surface area contributed by atoms with E-state index in [9.17, 15) is 17.6 Å². The Bertz CT molecular complexity index is 794. The first kappa shape index (κ1) is 18.4. The lowest BCUT2D eigenvalue weighted by Crippen LogP contribution is -2.35. The van der Waals surface area contributed by atoms with Crippen molar-refractivity contribution >= 4 is 0 Å². The molecule has 2 fully saturated rings. The molecule has 0 aliphatic carbocycles. The number of benzene rings is 2. The van der Waals surface area contributed by atoms with E-state index in [0.29, 0.717) is 13.2 Å². The fourth-order valence-electron chi connectivity index (χ4n) is 3.45. The third kappa shape index (κ3) is 3.36. The SMILES string of the molecule is CCC(c1ccc(C(F)(F)C(F)(F)c2ccc(C3CO3)cc2)cc1)C1CO1. The van der Waals surface area contributed by atoms with Crippen LogP contribution < -0.4 is 0 Å². The largest absolute Gasteiger partial charge is 0.372 e. The van der Waals surface area contributed by atoms with Gasteiger partial charge in [-0.2, -0.15) is 17.6 Å². The van der Waals surface area contributed by atoms with E-state index in [1.807, 2.05) is 6.92 Å². The van der Waals surface area contributed by atoms with Crippen LogP contribution in [-0.2, 0) is 21.3 Å². The van der Waals surface area contributed by atoms with Gasteiger partial charge < -0.3 is 9.47 Å². The molecule has 2 saturated heterocycles. The average Bonchev–Trinajstić information content (AvgIpc) is 3.56. The highest BCUT2D eigenvalue weighted by molar-refractivity contribution is 5.35. The van der Waals surface area contributed by atoms with E-state index in [0.717, 1.165) is 41.8 Å². The van der Waals surface area contributed by atoms with Gasteiger partial charge in [-0.3, -0.25) is 0 Å². The van der Waals surface area contributed by atoms with Crippen molar-refractivity contribution in [1.82, 2.24) is 0 Å². The minimum atomic E-state index is -4.32. The minimum absolute atomic E-state index is 0.0942. The maximum absolute atomic E-state index is 14.7.